The highest BCUT2D eigenvalue weighted by molar-refractivity contribution is 6.00. The highest BCUT2D eigenvalue weighted by atomic mass is 19.1. The van der Waals surface area contributed by atoms with E-state index in [2.05, 4.69) is 4.74 Å². The monoisotopic (exact) mass is 298 g/mol. The molecule has 0 saturated carbocycles. The molecule has 1 aromatic rings. The summed E-state index contributed by atoms with van der Waals surface area (Å²) in [7, 11) is 0. The summed E-state index contributed by atoms with van der Waals surface area (Å²) in [6.07, 6.45) is 1.18. The lowest BCUT2D eigenvalue weighted by atomic mass is 10.0. The number of halogens is 1. The van der Waals surface area contributed by atoms with E-state index in [1.54, 1.807) is 6.92 Å². The van der Waals surface area contributed by atoms with E-state index in [4.69, 9.17) is 4.74 Å². The van der Waals surface area contributed by atoms with Crippen molar-refractivity contribution in [2.24, 2.45) is 0 Å². The van der Waals surface area contributed by atoms with Crippen LogP contribution in [0.1, 0.15) is 36.2 Å². The molecule has 0 heterocycles. The summed E-state index contributed by atoms with van der Waals surface area (Å²) in [4.78, 5) is 23.0. The van der Waals surface area contributed by atoms with Crippen LogP contribution in [0, 0.1) is 5.82 Å². The van der Waals surface area contributed by atoms with Gasteiger partial charge in [-0.3, -0.25) is 4.79 Å². The Kier molecular flexibility index (Phi) is 6.81. The predicted octanol–water partition coefficient (Wildman–Crippen LogP) is 2.25. The third-order valence-electron chi connectivity index (χ3n) is 2.73. The minimum atomic E-state index is -0.593. The van der Waals surface area contributed by atoms with E-state index in [-0.39, 0.29) is 24.5 Å². The lowest BCUT2D eigenvalue weighted by Gasteiger charge is -2.09. The summed E-state index contributed by atoms with van der Waals surface area (Å²) >= 11 is 0. The zero-order chi connectivity index (χ0) is 15.8. The van der Waals surface area contributed by atoms with Gasteiger partial charge in [-0.15, -0.1) is 0 Å². The third-order valence-corrected chi connectivity index (χ3v) is 2.73. The van der Waals surface area contributed by atoms with Crippen LogP contribution < -0.4 is 0 Å². The normalized spacial score (nSPS) is 10.4. The molecule has 0 spiro atoms. The van der Waals surface area contributed by atoms with Crippen LogP contribution >= 0.6 is 0 Å². The zero-order valence-electron chi connectivity index (χ0n) is 12.1. The first-order valence-electron chi connectivity index (χ1n) is 6.77. The Morgan fingerprint density at radius 3 is 2.57 bits per heavy atom. The molecule has 0 amide bonds. The first-order valence-corrected chi connectivity index (χ1v) is 6.77. The Morgan fingerprint density at radius 2 is 1.95 bits per heavy atom. The van der Waals surface area contributed by atoms with E-state index in [1.807, 2.05) is 6.92 Å². The van der Waals surface area contributed by atoms with Gasteiger partial charge in [0, 0.05) is 0 Å². The molecular formula is C15H19FO5. The van der Waals surface area contributed by atoms with E-state index in [9.17, 15) is 19.1 Å². The van der Waals surface area contributed by atoms with Crippen molar-refractivity contribution in [1.82, 2.24) is 0 Å². The highest BCUT2D eigenvalue weighted by Crippen LogP contribution is 2.26. The average Bonchev–Trinajstić information content (AvgIpc) is 2.43. The van der Waals surface area contributed by atoms with Crippen LogP contribution in [0.25, 0.3) is 0 Å². The molecule has 0 radical (unpaired) electrons. The summed E-state index contributed by atoms with van der Waals surface area (Å²) in [5.41, 5.74) is 0.244. The van der Waals surface area contributed by atoms with Crippen molar-refractivity contribution >= 4 is 11.8 Å². The Morgan fingerprint density at radius 1 is 1.24 bits per heavy atom. The number of carbonyl (C=O) groups excluding carboxylic acids is 2. The molecule has 0 aliphatic rings. The zero-order valence-corrected chi connectivity index (χ0v) is 12.1. The summed E-state index contributed by atoms with van der Waals surface area (Å²) in [6.45, 7) is 2.97. The molecule has 6 heteroatoms. The summed E-state index contributed by atoms with van der Waals surface area (Å²) in [6, 6.07) is 2.17. The Bertz CT molecular complexity index is 513. The largest absolute Gasteiger partial charge is 0.507 e. The molecule has 5 nitrogen and oxygen atoms in total. The summed E-state index contributed by atoms with van der Waals surface area (Å²) in [5.74, 6) is -2.00. The van der Waals surface area contributed by atoms with E-state index < -0.39 is 24.2 Å². The number of benzene rings is 1. The number of aromatic hydroxyl groups is 1. The second-order valence-corrected chi connectivity index (χ2v) is 4.43. The average molecular weight is 298 g/mol. The van der Waals surface area contributed by atoms with Gasteiger partial charge in [-0.2, -0.15) is 0 Å². The molecule has 116 valence electrons. The van der Waals surface area contributed by atoms with E-state index in [1.165, 1.54) is 6.07 Å². The van der Waals surface area contributed by atoms with Crippen LogP contribution in [-0.2, 0) is 20.7 Å². The third kappa shape index (κ3) is 5.15. The van der Waals surface area contributed by atoms with Crippen molar-refractivity contribution in [3.8, 4) is 5.75 Å². The smallest absolute Gasteiger partial charge is 0.332 e. The van der Waals surface area contributed by atoms with Crippen LogP contribution in [0.3, 0.4) is 0 Å². The molecule has 1 aromatic carbocycles. The topological polar surface area (TPSA) is 72.8 Å². The molecule has 0 atom stereocenters. The standard InChI is InChI=1S/C15H19FO5/c1-3-5-10-6-11(16)7-12(15(10)19)13(17)8-20-9-14(18)21-4-2/h6-7,19H,3-5,8-9H2,1-2H3. The molecule has 0 aliphatic carbocycles. The predicted molar refractivity (Wildman–Crippen MR) is 73.8 cm³/mol. The van der Waals surface area contributed by atoms with Crippen LogP contribution in [0.15, 0.2) is 12.1 Å². The molecule has 0 aromatic heterocycles. The molecule has 0 saturated heterocycles. The van der Waals surface area contributed by atoms with Gasteiger partial charge in [0.2, 0.25) is 0 Å². The number of rotatable bonds is 8. The van der Waals surface area contributed by atoms with E-state index >= 15 is 0 Å². The second-order valence-electron chi connectivity index (χ2n) is 4.43. The van der Waals surface area contributed by atoms with Gasteiger partial charge < -0.3 is 14.6 Å². The van der Waals surface area contributed by atoms with Gasteiger partial charge in [-0.1, -0.05) is 13.3 Å². The number of esters is 1. The van der Waals surface area contributed by atoms with Gasteiger partial charge in [0.15, 0.2) is 5.78 Å². The van der Waals surface area contributed by atoms with E-state index in [0.717, 1.165) is 6.07 Å². The maximum absolute atomic E-state index is 13.5. The quantitative estimate of drug-likeness (QED) is 0.588. The lowest BCUT2D eigenvalue weighted by molar-refractivity contribution is -0.147. The molecular weight excluding hydrogens is 279 g/mol. The number of Topliss-reactive ketones (excluding diaryl/α,β-unsaturated/α-hetero) is 1. The Labute approximate surface area is 122 Å². The van der Waals surface area contributed by atoms with Gasteiger partial charge in [-0.05, 0) is 31.0 Å². The molecule has 0 aliphatic heterocycles. The van der Waals surface area contributed by atoms with Crippen molar-refractivity contribution in [1.29, 1.82) is 0 Å². The fourth-order valence-electron chi connectivity index (χ4n) is 1.84. The second kappa shape index (κ2) is 8.36. The van der Waals surface area contributed by atoms with Gasteiger partial charge in [0.05, 0.1) is 12.2 Å². The number of hydrogen-bond donors (Lipinski definition) is 1. The molecule has 1 rings (SSSR count). The van der Waals surface area contributed by atoms with Gasteiger partial charge >= 0.3 is 5.97 Å². The maximum atomic E-state index is 13.5. The van der Waals surface area contributed by atoms with Gasteiger partial charge in [-0.25, -0.2) is 9.18 Å². The van der Waals surface area contributed by atoms with Crippen molar-refractivity contribution in [2.75, 3.05) is 19.8 Å². The molecule has 0 fully saturated rings. The van der Waals surface area contributed by atoms with Crippen LogP contribution in [0.4, 0.5) is 4.39 Å². The summed E-state index contributed by atoms with van der Waals surface area (Å²) in [5, 5.41) is 9.97. The number of carbonyl (C=O) groups is 2. The van der Waals surface area contributed by atoms with Gasteiger partial charge in [0.1, 0.15) is 24.8 Å². The Balaban J connectivity index is 2.71. The van der Waals surface area contributed by atoms with Gasteiger partial charge in [0.25, 0.3) is 0 Å². The fourth-order valence-corrected chi connectivity index (χ4v) is 1.84. The SMILES string of the molecule is CCCc1cc(F)cc(C(=O)COCC(=O)OCC)c1O. The fraction of sp³-hybridized carbons (Fsp3) is 0.467. The van der Waals surface area contributed by atoms with Crippen LogP contribution in [-0.4, -0.2) is 36.7 Å². The highest BCUT2D eigenvalue weighted by Gasteiger charge is 2.17. The number of hydrogen-bond acceptors (Lipinski definition) is 5. The number of phenolic OH excluding ortho intramolecular Hbond substituents is 1. The van der Waals surface area contributed by atoms with Crippen molar-refractivity contribution < 1.29 is 28.6 Å². The van der Waals surface area contributed by atoms with Crippen molar-refractivity contribution in [2.45, 2.75) is 26.7 Å². The Hall–Kier alpha value is -1.95. The molecule has 0 bridgehead atoms. The molecule has 1 N–H and O–H groups in total. The van der Waals surface area contributed by atoms with Crippen LogP contribution in [0.2, 0.25) is 0 Å². The number of ketones is 1. The minimum absolute atomic E-state index is 0.137. The van der Waals surface area contributed by atoms with E-state index in [0.29, 0.717) is 18.4 Å². The maximum Gasteiger partial charge on any atom is 0.332 e. The van der Waals surface area contributed by atoms with Crippen molar-refractivity contribution in [3.63, 3.8) is 0 Å². The van der Waals surface area contributed by atoms with Crippen LogP contribution in [0.5, 0.6) is 5.75 Å². The number of phenols is 1. The minimum Gasteiger partial charge on any atom is -0.507 e. The van der Waals surface area contributed by atoms with Crippen molar-refractivity contribution in [3.05, 3.63) is 29.1 Å². The first-order chi connectivity index (χ1) is 9.99. The molecule has 21 heavy (non-hydrogen) atoms. The number of ether oxygens (including phenoxy) is 2. The molecule has 0 unspecified atom stereocenters. The first kappa shape index (κ1) is 17.1. The number of aryl methyl sites for hydroxylation is 1. The summed E-state index contributed by atoms with van der Waals surface area (Å²) < 4.78 is 23.0. The lowest BCUT2D eigenvalue weighted by Crippen LogP contribution is -2.17.